The van der Waals surface area contributed by atoms with Gasteiger partial charge in [-0.1, -0.05) is 31.9 Å². The van der Waals surface area contributed by atoms with Gasteiger partial charge in [0.2, 0.25) is 0 Å². The summed E-state index contributed by atoms with van der Waals surface area (Å²) in [5.41, 5.74) is 3.73. The molecule has 1 nitrogen and oxygen atoms in total. The van der Waals surface area contributed by atoms with Crippen molar-refractivity contribution >= 4 is 0 Å². The quantitative estimate of drug-likeness (QED) is 0.705. The molecule has 1 N–H and O–H groups in total. The van der Waals surface area contributed by atoms with Gasteiger partial charge in [-0.3, -0.25) is 0 Å². The Bertz CT molecular complexity index is 300. The molecule has 3 rings (SSSR count). The van der Waals surface area contributed by atoms with Gasteiger partial charge in [0.05, 0.1) is 6.10 Å². The van der Waals surface area contributed by atoms with Crippen molar-refractivity contribution in [1.82, 2.24) is 0 Å². The normalized spacial score (nSPS) is 41.0. The van der Waals surface area contributed by atoms with Crippen LogP contribution in [0.4, 0.5) is 0 Å². The zero-order valence-electron chi connectivity index (χ0n) is 10.7. The third kappa shape index (κ3) is 1.32. The monoisotopic (exact) mass is 208 g/mol. The Morgan fingerprint density at radius 3 is 2.40 bits per heavy atom. The Hall–Kier alpha value is -0.300. The van der Waals surface area contributed by atoms with Gasteiger partial charge in [0.1, 0.15) is 0 Å². The van der Waals surface area contributed by atoms with Gasteiger partial charge >= 0.3 is 0 Å². The summed E-state index contributed by atoms with van der Waals surface area (Å²) in [6, 6.07) is 0. The molecule has 0 aliphatic heterocycles. The zero-order chi connectivity index (χ0) is 11.4. The van der Waals surface area contributed by atoms with E-state index in [1.165, 1.54) is 6.42 Å². The molecule has 0 radical (unpaired) electrons. The van der Waals surface area contributed by atoms with E-state index in [4.69, 9.17) is 0 Å². The molecule has 1 heteroatoms. The summed E-state index contributed by atoms with van der Waals surface area (Å²) in [6.45, 7) is 11.2. The van der Waals surface area contributed by atoms with Gasteiger partial charge in [-0.25, -0.2) is 0 Å². The lowest BCUT2D eigenvalue weighted by atomic mass is 9.53. The molecule has 3 aliphatic rings. The Morgan fingerprint density at radius 1 is 1.40 bits per heavy atom. The van der Waals surface area contributed by atoms with Crippen LogP contribution in [0.1, 0.15) is 47.5 Å². The zero-order valence-corrected chi connectivity index (χ0v) is 10.7. The molecule has 0 heterocycles. The van der Waals surface area contributed by atoms with E-state index in [0.29, 0.717) is 11.3 Å². The second-order valence-electron chi connectivity index (χ2n) is 6.11. The molecule has 0 aromatic rings. The minimum absolute atomic E-state index is 0.152. The molecule has 3 aliphatic carbocycles. The lowest BCUT2D eigenvalue weighted by Gasteiger charge is -2.51. The van der Waals surface area contributed by atoms with E-state index in [1.54, 1.807) is 11.1 Å². The number of hydrogen-bond acceptors (Lipinski definition) is 1. The lowest BCUT2D eigenvalue weighted by Crippen LogP contribution is -2.45. The molecule has 0 aromatic carbocycles. The molecule has 86 valence electrons. The fourth-order valence-electron chi connectivity index (χ4n) is 4.30. The summed E-state index contributed by atoms with van der Waals surface area (Å²) >= 11 is 0. The third-order valence-electron chi connectivity index (χ3n) is 4.87. The maximum Gasteiger partial charge on any atom is 0.0518 e. The maximum absolute atomic E-state index is 9.69. The van der Waals surface area contributed by atoms with Crippen molar-refractivity contribution in [2.75, 3.05) is 0 Å². The van der Waals surface area contributed by atoms with Gasteiger partial charge in [0.15, 0.2) is 0 Å². The van der Waals surface area contributed by atoms with Crippen molar-refractivity contribution in [3.8, 4) is 0 Å². The predicted molar refractivity (Wildman–Crippen MR) is 63.5 cm³/mol. The largest absolute Gasteiger partial charge is 0.393 e. The van der Waals surface area contributed by atoms with Crippen molar-refractivity contribution in [3.63, 3.8) is 0 Å². The van der Waals surface area contributed by atoms with Crippen LogP contribution in [0.2, 0.25) is 0 Å². The smallest absolute Gasteiger partial charge is 0.0518 e. The highest BCUT2D eigenvalue weighted by Crippen LogP contribution is 2.69. The Morgan fingerprint density at radius 2 is 2.00 bits per heavy atom. The molecular weight excluding hydrogens is 184 g/mol. The van der Waals surface area contributed by atoms with Crippen LogP contribution >= 0.6 is 0 Å². The highest BCUT2D eigenvalue weighted by atomic mass is 16.3. The topological polar surface area (TPSA) is 20.2 Å². The van der Waals surface area contributed by atoms with E-state index < -0.39 is 0 Å². The van der Waals surface area contributed by atoms with Gasteiger partial charge in [0.25, 0.3) is 0 Å². The Kier molecular flexibility index (Phi) is 2.50. The van der Waals surface area contributed by atoms with E-state index in [9.17, 15) is 5.11 Å². The van der Waals surface area contributed by atoms with Gasteiger partial charge in [-0.05, 0) is 49.9 Å². The van der Waals surface area contributed by atoms with Crippen molar-refractivity contribution in [2.24, 2.45) is 23.2 Å². The van der Waals surface area contributed by atoms with Gasteiger partial charge < -0.3 is 5.11 Å². The molecular formula is C14H24O. The minimum atomic E-state index is -0.152. The first-order valence-corrected chi connectivity index (χ1v) is 6.27. The Balaban J connectivity index is 2.27. The summed E-state index contributed by atoms with van der Waals surface area (Å²) in [7, 11) is 0. The van der Waals surface area contributed by atoms with Crippen LogP contribution in [-0.2, 0) is 0 Å². The minimum Gasteiger partial charge on any atom is -0.393 e. The molecule has 2 bridgehead atoms. The van der Waals surface area contributed by atoms with Gasteiger partial charge in [-0.15, -0.1) is 0 Å². The summed E-state index contributed by atoms with van der Waals surface area (Å²) < 4.78 is 0. The Labute approximate surface area is 93.6 Å². The lowest BCUT2D eigenvalue weighted by molar-refractivity contribution is 0.00107. The average Bonchev–Trinajstić information content (AvgIpc) is 2.37. The molecule has 4 unspecified atom stereocenters. The molecule has 1 fully saturated rings. The van der Waals surface area contributed by atoms with Crippen molar-refractivity contribution in [3.05, 3.63) is 11.1 Å². The molecule has 0 saturated heterocycles. The van der Waals surface area contributed by atoms with Crippen LogP contribution in [0.15, 0.2) is 11.1 Å². The molecule has 15 heavy (non-hydrogen) atoms. The van der Waals surface area contributed by atoms with Crippen molar-refractivity contribution in [1.29, 1.82) is 0 Å². The second-order valence-corrected chi connectivity index (χ2v) is 6.11. The SMILES string of the molecule is CC1=C2CC(CC(C)O)(C1C)C2C(C)C. The summed E-state index contributed by atoms with van der Waals surface area (Å²) in [4.78, 5) is 0. The average molecular weight is 208 g/mol. The number of hydrogen-bond donors (Lipinski definition) is 1. The number of allylic oxidation sites excluding steroid dienone is 2. The molecule has 0 spiro atoms. The summed E-state index contributed by atoms with van der Waals surface area (Å²) in [5.74, 6) is 2.17. The third-order valence-corrected chi connectivity index (χ3v) is 4.87. The van der Waals surface area contributed by atoms with E-state index >= 15 is 0 Å². The van der Waals surface area contributed by atoms with Gasteiger partial charge in [0, 0.05) is 0 Å². The first-order valence-electron chi connectivity index (χ1n) is 6.27. The first-order chi connectivity index (χ1) is 6.90. The van der Waals surface area contributed by atoms with Crippen molar-refractivity contribution in [2.45, 2.75) is 53.6 Å². The molecule has 4 atom stereocenters. The molecule has 1 saturated carbocycles. The van der Waals surface area contributed by atoms with E-state index in [-0.39, 0.29) is 6.10 Å². The second kappa shape index (κ2) is 3.35. The molecule has 0 amide bonds. The van der Waals surface area contributed by atoms with E-state index in [2.05, 4.69) is 27.7 Å². The fourth-order valence-corrected chi connectivity index (χ4v) is 4.30. The standard InChI is InChI=1S/C14H24O/c1-8(2)13-12-7-14(13,6-9(3)15)11(5)10(12)4/h8-9,11,13,15H,6-7H2,1-5H3. The van der Waals surface area contributed by atoms with Gasteiger partial charge in [-0.2, -0.15) is 0 Å². The van der Waals surface area contributed by atoms with Crippen LogP contribution in [-0.4, -0.2) is 11.2 Å². The van der Waals surface area contributed by atoms with E-state index in [1.807, 2.05) is 6.92 Å². The summed E-state index contributed by atoms with van der Waals surface area (Å²) in [5, 5.41) is 9.69. The van der Waals surface area contributed by atoms with Crippen LogP contribution in [0.3, 0.4) is 0 Å². The van der Waals surface area contributed by atoms with Crippen LogP contribution < -0.4 is 0 Å². The van der Waals surface area contributed by atoms with E-state index in [0.717, 1.165) is 18.3 Å². The summed E-state index contributed by atoms with van der Waals surface area (Å²) in [6.07, 6.45) is 2.09. The highest BCUT2D eigenvalue weighted by molar-refractivity contribution is 5.41. The maximum atomic E-state index is 9.69. The number of rotatable bonds is 3. The number of aliphatic hydroxyl groups is 1. The fraction of sp³-hybridized carbons (Fsp3) is 0.857. The first kappa shape index (κ1) is 11.2. The number of aliphatic hydroxyl groups excluding tert-OH is 1. The van der Waals surface area contributed by atoms with Crippen LogP contribution in [0.25, 0.3) is 0 Å². The number of fused-ring (bicyclic) bond motifs is 1. The predicted octanol–water partition coefficient (Wildman–Crippen LogP) is 3.39. The van der Waals surface area contributed by atoms with Crippen molar-refractivity contribution < 1.29 is 5.11 Å². The highest BCUT2D eigenvalue weighted by Gasteiger charge is 2.60. The van der Waals surface area contributed by atoms with Crippen LogP contribution in [0.5, 0.6) is 0 Å². The molecule has 0 aromatic heterocycles. The van der Waals surface area contributed by atoms with Crippen LogP contribution in [0, 0.1) is 23.2 Å².